The number of halogens is 1. The predicted octanol–water partition coefficient (Wildman–Crippen LogP) is 2.43. The van der Waals surface area contributed by atoms with Crippen molar-refractivity contribution < 1.29 is 5.11 Å². The van der Waals surface area contributed by atoms with Gasteiger partial charge in [-0.1, -0.05) is 17.7 Å². The molecule has 1 fully saturated rings. The number of nitrogens with zero attached hydrogens (tertiary/aromatic N) is 2. The first kappa shape index (κ1) is 13.7. The first-order valence-corrected chi connectivity index (χ1v) is 6.77. The van der Waals surface area contributed by atoms with Crippen molar-refractivity contribution in [3.05, 3.63) is 28.8 Å². The van der Waals surface area contributed by atoms with Gasteiger partial charge in [0.1, 0.15) is 5.75 Å². The summed E-state index contributed by atoms with van der Waals surface area (Å²) >= 11 is 5.91. The van der Waals surface area contributed by atoms with E-state index < -0.39 is 0 Å². The van der Waals surface area contributed by atoms with E-state index in [4.69, 9.17) is 11.6 Å². The highest BCUT2D eigenvalue weighted by Crippen LogP contribution is 2.24. The fraction of sp³-hybridized carbons (Fsp3) is 0.571. The zero-order valence-corrected chi connectivity index (χ0v) is 11.8. The largest absolute Gasteiger partial charge is 0.506 e. The van der Waals surface area contributed by atoms with Crippen LogP contribution in [-0.4, -0.2) is 48.6 Å². The lowest BCUT2D eigenvalue weighted by Crippen LogP contribution is -2.27. The minimum Gasteiger partial charge on any atom is -0.506 e. The van der Waals surface area contributed by atoms with Crippen LogP contribution in [0, 0.1) is 5.92 Å². The van der Waals surface area contributed by atoms with E-state index in [1.807, 2.05) is 12.1 Å². The highest BCUT2D eigenvalue weighted by molar-refractivity contribution is 6.32. The first-order chi connectivity index (χ1) is 8.54. The topological polar surface area (TPSA) is 26.7 Å². The summed E-state index contributed by atoms with van der Waals surface area (Å²) in [5.74, 6) is 0.924. The lowest BCUT2D eigenvalue weighted by atomic mass is 10.1. The van der Waals surface area contributed by atoms with Crippen LogP contribution in [0.3, 0.4) is 0 Å². The van der Waals surface area contributed by atoms with Gasteiger partial charge < -0.3 is 14.9 Å². The summed E-state index contributed by atoms with van der Waals surface area (Å²) in [5, 5.41) is 9.82. The van der Waals surface area contributed by atoms with Gasteiger partial charge in [0.2, 0.25) is 0 Å². The molecule has 1 atom stereocenters. The maximum absolute atomic E-state index is 9.39. The summed E-state index contributed by atoms with van der Waals surface area (Å²) in [6.07, 6.45) is 1.29. The Balaban J connectivity index is 1.86. The van der Waals surface area contributed by atoms with Crippen molar-refractivity contribution in [2.75, 3.05) is 33.7 Å². The number of hydrogen-bond donors (Lipinski definition) is 1. The first-order valence-electron chi connectivity index (χ1n) is 6.39. The SMILES string of the molecule is CN1CCC(CN(C)Cc2ccc(O)c(Cl)c2)C1. The lowest BCUT2D eigenvalue weighted by molar-refractivity contribution is 0.267. The molecular weight excluding hydrogens is 248 g/mol. The van der Waals surface area contributed by atoms with Gasteiger partial charge in [-0.3, -0.25) is 0 Å². The van der Waals surface area contributed by atoms with Gasteiger partial charge in [-0.05, 0) is 50.7 Å². The highest BCUT2D eigenvalue weighted by atomic mass is 35.5. The summed E-state index contributed by atoms with van der Waals surface area (Å²) < 4.78 is 0. The van der Waals surface area contributed by atoms with Crippen LogP contribution in [0.1, 0.15) is 12.0 Å². The Bertz CT molecular complexity index is 411. The second-order valence-corrected chi connectivity index (χ2v) is 5.81. The number of likely N-dealkylation sites (tertiary alicyclic amines) is 1. The number of rotatable bonds is 4. The van der Waals surface area contributed by atoms with Crippen LogP contribution in [-0.2, 0) is 6.54 Å². The highest BCUT2D eigenvalue weighted by Gasteiger charge is 2.20. The van der Waals surface area contributed by atoms with E-state index in [-0.39, 0.29) is 5.75 Å². The number of aromatic hydroxyl groups is 1. The molecule has 18 heavy (non-hydrogen) atoms. The van der Waals surface area contributed by atoms with Crippen LogP contribution in [0.5, 0.6) is 5.75 Å². The molecule has 0 saturated carbocycles. The molecule has 0 aromatic heterocycles. The van der Waals surface area contributed by atoms with Gasteiger partial charge in [-0.25, -0.2) is 0 Å². The fourth-order valence-electron chi connectivity index (χ4n) is 2.64. The number of phenols is 1. The second kappa shape index (κ2) is 5.91. The third-order valence-corrected chi connectivity index (χ3v) is 3.83. The van der Waals surface area contributed by atoms with Crippen LogP contribution in [0.4, 0.5) is 0 Å². The smallest absolute Gasteiger partial charge is 0.134 e. The summed E-state index contributed by atoms with van der Waals surface area (Å²) in [7, 11) is 4.32. The van der Waals surface area contributed by atoms with Crippen molar-refractivity contribution in [1.82, 2.24) is 9.80 Å². The molecule has 1 aromatic rings. The Morgan fingerprint density at radius 3 is 2.89 bits per heavy atom. The molecule has 2 rings (SSSR count). The average molecular weight is 269 g/mol. The maximum atomic E-state index is 9.39. The molecule has 4 heteroatoms. The van der Waals surface area contributed by atoms with Crippen LogP contribution in [0.15, 0.2) is 18.2 Å². The molecule has 1 N–H and O–H groups in total. The number of hydrogen-bond acceptors (Lipinski definition) is 3. The molecule has 100 valence electrons. The van der Waals surface area contributed by atoms with Crippen LogP contribution < -0.4 is 0 Å². The molecule has 3 nitrogen and oxygen atoms in total. The Kier molecular flexibility index (Phi) is 4.49. The Morgan fingerprint density at radius 2 is 2.28 bits per heavy atom. The van der Waals surface area contributed by atoms with Crippen LogP contribution in [0.2, 0.25) is 5.02 Å². The van der Waals surface area contributed by atoms with Gasteiger partial charge in [-0.2, -0.15) is 0 Å². The Morgan fingerprint density at radius 1 is 1.50 bits per heavy atom. The quantitative estimate of drug-likeness (QED) is 0.909. The van der Waals surface area contributed by atoms with Crippen molar-refractivity contribution in [3.8, 4) is 5.75 Å². The fourth-order valence-corrected chi connectivity index (χ4v) is 2.84. The second-order valence-electron chi connectivity index (χ2n) is 5.40. The standard InChI is InChI=1S/C14H21ClN2O/c1-16-6-5-12(9-16)10-17(2)8-11-3-4-14(18)13(15)7-11/h3-4,7,12,18H,5-6,8-10H2,1-2H3. The van der Waals surface area contributed by atoms with Crippen molar-refractivity contribution in [2.45, 2.75) is 13.0 Å². The zero-order chi connectivity index (χ0) is 13.1. The molecule has 0 amide bonds. The van der Waals surface area contributed by atoms with E-state index in [1.54, 1.807) is 6.07 Å². The van der Waals surface area contributed by atoms with Crippen molar-refractivity contribution in [3.63, 3.8) is 0 Å². The van der Waals surface area contributed by atoms with Gasteiger partial charge in [0, 0.05) is 19.6 Å². The van der Waals surface area contributed by atoms with Gasteiger partial charge in [0.15, 0.2) is 0 Å². The number of benzene rings is 1. The summed E-state index contributed by atoms with van der Waals surface area (Å²) in [4.78, 5) is 4.71. The molecule has 0 bridgehead atoms. The zero-order valence-electron chi connectivity index (χ0n) is 11.1. The Labute approximate surface area is 114 Å². The third kappa shape index (κ3) is 3.61. The Hall–Kier alpha value is -0.770. The summed E-state index contributed by atoms with van der Waals surface area (Å²) in [5.41, 5.74) is 1.15. The molecule has 0 spiro atoms. The minimum absolute atomic E-state index is 0.153. The molecule has 1 heterocycles. The van der Waals surface area contributed by atoms with E-state index in [9.17, 15) is 5.11 Å². The average Bonchev–Trinajstić information content (AvgIpc) is 2.69. The maximum Gasteiger partial charge on any atom is 0.134 e. The van der Waals surface area contributed by atoms with E-state index in [2.05, 4.69) is 23.9 Å². The van der Waals surface area contributed by atoms with Crippen molar-refractivity contribution in [2.24, 2.45) is 5.92 Å². The van der Waals surface area contributed by atoms with Crippen LogP contribution in [0.25, 0.3) is 0 Å². The minimum atomic E-state index is 0.153. The van der Waals surface area contributed by atoms with E-state index in [1.165, 1.54) is 19.5 Å². The van der Waals surface area contributed by atoms with Gasteiger partial charge in [0.25, 0.3) is 0 Å². The molecule has 1 saturated heterocycles. The normalized spacial score (nSPS) is 20.8. The molecule has 1 aliphatic rings. The molecule has 1 unspecified atom stereocenters. The van der Waals surface area contributed by atoms with Crippen molar-refractivity contribution in [1.29, 1.82) is 0 Å². The monoisotopic (exact) mass is 268 g/mol. The van der Waals surface area contributed by atoms with Crippen molar-refractivity contribution >= 4 is 11.6 Å². The molecule has 1 aromatic carbocycles. The lowest BCUT2D eigenvalue weighted by Gasteiger charge is -2.21. The molecule has 0 aliphatic carbocycles. The third-order valence-electron chi connectivity index (χ3n) is 3.52. The molecular formula is C14H21ClN2O. The predicted molar refractivity (Wildman–Crippen MR) is 75.1 cm³/mol. The van der Waals surface area contributed by atoms with Crippen LogP contribution >= 0.6 is 11.6 Å². The van der Waals surface area contributed by atoms with Gasteiger partial charge in [0.05, 0.1) is 5.02 Å². The summed E-state index contributed by atoms with van der Waals surface area (Å²) in [6.45, 7) is 4.40. The van der Waals surface area contributed by atoms with Gasteiger partial charge in [-0.15, -0.1) is 0 Å². The van der Waals surface area contributed by atoms with Gasteiger partial charge >= 0.3 is 0 Å². The van der Waals surface area contributed by atoms with E-state index in [0.29, 0.717) is 5.02 Å². The number of phenolic OH excluding ortho intramolecular Hbond substituents is 1. The van der Waals surface area contributed by atoms with E-state index in [0.717, 1.165) is 24.6 Å². The molecule has 1 aliphatic heterocycles. The van der Waals surface area contributed by atoms with E-state index >= 15 is 0 Å². The summed E-state index contributed by atoms with van der Waals surface area (Å²) in [6, 6.07) is 5.43. The molecule has 0 radical (unpaired) electrons.